The van der Waals surface area contributed by atoms with Crippen molar-refractivity contribution in [2.24, 2.45) is 0 Å². The van der Waals surface area contributed by atoms with Crippen LogP contribution in [0.3, 0.4) is 0 Å². The molecule has 0 fully saturated rings. The maximum atomic E-state index is 5.47. The second-order valence-corrected chi connectivity index (χ2v) is 2.54. The normalized spacial score (nSPS) is 9.25. The van der Waals surface area contributed by atoms with Crippen LogP contribution in [-0.2, 0) is 0 Å². The molecule has 1 aromatic heterocycles. The molecule has 0 aromatic carbocycles. The molecule has 8 heavy (non-hydrogen) atoms. The molecule has 0 aliphatic rings. The second kappa shape index (κ2) is 2.46. The van der Waals surface area contributed by atoms with Crippen molar-refractivity contribution in [3.63, 3.8) is 0 Å². The highest BCUT2D eigenvalue weighted by Gasteiger charge is 1.86. The number of rotatable bonds is 0. The topological polar surface area (TPSA) is 12.9 Å². The zero-order chi connectivity index (χ0) is 5.98. The van der Waals surface area contributed by atoms with Gasteiger partial charge in [-0.15, -0.1) is 0 Å². The summed E-state index contributed by atoms with van der Waals surface area (Å²) < 4.78 is 0.900. The molecule has 3 heteroatoms. The molecular formula is C5H2BrClN. The second-order valence-electron chi connectivity index (χ2n) is 1.24. The number of halogens is 2. The van der Waals surface area contributed by atoms with Crippen LogP contribution in [0.1, 0.15) is 0 Å². The predicted octanol–water partition coefficient (Wildman–Crippen LogP) is 2.30. The van der Waals surface area contributed by atoms with Crippen molar-refractivity contribution >= 4 is 27.5 Å². The van der Waals surface area contributed by atoms with Gasteiger partial charge in [-0.25, -0.2) is 4.98 Å². The van der Waals surface area contributed by atoms with E-state index in [4.69, 9.17) is 11.6 Å². The lowest BCUT2D eigenvalue weighted by Crippen LogP contribution is -1.70. The summed E-state index contributed by atoms with van der Waals surface area (Å²) in [6, 6.07) is 3.41. The van der Waals surface area contributed by atoms with Gasteiger partial charge in [0.25, 0.3) is 0 Å². The summed E-state index contributed by atoms with van der Waals surface area (Å²) in [6.07, 6.45) is 2.60. The summed E-state index contributed by atoms with van der Waals surface area (Å²) in [5.41, 5.74) is 0. The molecule has 0 saturated heterocycles. The Labute approximate surface area is 60.8 Å². The minimum Gasteiger partial charge on any atom is -0.234 e. The molecule has 0 amide bonds. The van der Waals surface area contributed by atoms with E-state index in [1.165, 1.54) is 0 Å². The third kappa shape index (κ3) is 1.46. The zero-order valence-corrected chi connectivity index (χ0v) is 6.20. The average Bonchev–Trinajstić information content (AvgIpc) is 1.64. The van der Waals surface area contributed by atoms with Gasteiger partial charge in [0.05, 0.1) is 6.20 Å². The van der Waals surface area contributed by atoms with Gasteiger partial charge in [0.15, 0.2) is 0 Å². The van der Waals surface area contributed by atoms with E-state index in [-0.39, 0.29) is 0 Å². The summed E-state index contributed by atoms with van der Waals surface area (Å²) in [5, 5.41) is 0.458. The number of nitrogens with zero attached hydrogens (tertiary/aromatic N) is 1. The van der Waals surface area contributed by atoms with Crippen LogP contribution in [0.2, 0.25) is 5.15 Å². The first-order chi connectivity index (χ1) is 3.79. The van der Waals surface area contributed by atoms with Crippen LogP contribution in [0.4, 0.5) is 0 Å². The number of pyridine rings is 1. The molecule has 0 aliphatic heterocycles. The quantitative estimate of drug-likeness (QED) is 0.574. The highest BCUT2D eigenvalue weighted by molar-refractivity contribution is 9.10. The summed E-state index contributed by atoms with van der Waals surface area (Å²) in [6.45, 7) is 0. The van der Waals surface area contributed by atoms with Crippen molar-refractivity contribution in [3.8, 4) is 0 Å². The van der Waals surface area contributed by atoms with E-state index in [9.17, 15) is 0 Å². The molecule has 0 unspecified atom stereocenters. The Morgan fingerprint density at radius 1 is 1.75 bits per heavy atom. The predicted molar refractivity (Wildman–Crippen MR) is 35.8 cm³/mol. The van der Waals surface area contributed by atoms with E-state index in [1.807, 2.05) is 0 Å². The number of aromatic nitrogens is 1. The smallest absolute Gasteiger partial charge is 0.130 e. The van der Waals surface area contributed by atoms with Crippen molar-refractivity contribution in [1.82, 2.24) is 4.98 Å². The molecule has 0 aliphatic carbocycles. The van der Waals surface area contributed by atoms with Crippen molar-refractivity contribution in [3.05, 3.63) is 28.0 Å². The molecular weight excluding hydrogens is 189 g/mol. The van der Waals surface area contributed by atoms with Gasteiger partial charge in [-0.2, -0.15) is 0 Å². The van der Waals surface area contributed by atoms with Gasteiger partial charge in [0, 0.05) is 4.47 Å². The fourth-order valence-electron chi connectivity index (χ4n) is 0.343. The summed E-state index contributed by atoms with van der Waals surface area (Å²) in [7, 11) is 0. The van der Waals surface area contributed by atoms with Crippen LogP contribution in [0.25, 0.3) is 0 Å². The van der Waals surface area contributed by atoms with E-state index in [2.05, 4.69) is 27.1 Å². The van der Waals surface area contributed by atoms with Gasteiger partial charge in [0.1, 0.15) is 5.15 Å². The Kier molecular flexibility index (Phi) is 1.86. The van der Waals surface area contributed by atoms with Gasteiger partial charge in [-0.1, -0.05) is 27.5 Å². The van der Waals surface area contributed by atoms with E-state index in [1.54, 1.807) is 12.1 Å². The zero-order valence-electron chi connectivity index (χ0n) is 3.86. The SMILES string of the molecule is Clc1cc(Br)c[c]n1. The lowest BCUT2D eigenvalue weighted by molar-refractivity contribution is 1.30. The van der Waals surface area contributed by atoms with Crippen LogP contribution in [-0.4, -0.2) is 4.98 Å². The Morgan fingerprint density at radius 2 is 2.50 bits per heavy atom. The monoisotopic (exact) mass is 190 g/mol. The first-order valence-corrected chi connectivity index (χ1v) is 3.15. The molecule has 1 nitrogen and oxygen atoms in total. The molecule has 41 valence electrons. The number of hydrogen-bond acceptors (Lipinski definition) is 1. The average molecular weight is 191 g/mol. The van der Waals surface area contributed by atoms with Gasteiger partial charge < -0.3 is 0 Å². The van der Waals surface area contributed by atoms with E-state index >= 15 is 0 Å². The summed E-state index contributed by atoms with van der Waals surface area (Å²) in [5.74, 6) is 0. The minimum absolute atomic E-state index is 0.458. The molecule has 0 spiro atoms. The van der Waals surface area contributed by atoms with Crippen molar-refractivity contribution in [2.75, 3.05) is 0 Å². The van der Waals surface area contributed by atoms with Crippen molar-refractivity contribution in [1.29, 1.82) is 0 Å². The summed E-state index contributed by atoms with van der Waals surface area (Å²) in [4.78, 5) is 3.65. The maximum absolute atomic E-state index is 5.47. The van der Waals surface area contributed by atoms with Crippen molar-refractivity contribution < 1.29 is 0 Å². The Hall–Kier alpha value is -0.0800. The van der Waals surface area contributed by atoms with Crippen LogP contribution < -0.4 is 0 Å². The third-order valence-corrected chi connectivity index (χ3v) is 1.28. The van der Waals surface area contributed by atoms with Crippen molar-refractivity contribution in [2.45, 2.75) is 0 Å². The Balaban J connectivity index is 3.08. The van der Waals surface area contributed by atoms with Crippen LogP contribution in [0, 0.1) is 6.20 Å². The molecule has 1 radical (unpaired) electrons. The summed E-state index contributed by atoms with van der Waals surface area (Å²) >= 11 is 8.68. The van der Waals surface area contributed by atoms with Crippen LogP contribution >= 0.6 is 27.5 Å². The van der Waals surface area contributed by atoms with Gasteiger partial charge in [0.2, 0.25) is 0 Å². The molecule has 0 atom stereocenters. The van der Waals surface area contributed by atoms with E-state index in [0.29, 0.717) is 5.15 Å². The minimum atomic E-state index is 0.458. The maximum Gasteiger partial charge on any atom is 0.130 e. The van der Waals surface area contributed by atoms with Gasteiger partial charge >= 0.3 is 0 Å². The standard InChI is InChI=1S/C5H2BrClN/c6-4-1-2-8-5(7)3-4/h1,3H. The highest BCUT2D eigenvalue weighted by atomic mass is 79.9. The molecule has 1 heterocycles. The third-order valence-electron chi connectivity index (χ3n) is 0.631. The lowest BCUT2D eigenvalue weighted by Gasteiger charge is -1.85. The number of hydrogen-bond donors (Lipinski definition) is 0. The Bertz CT molecular complexity index is 172. The van der Waals surface area contributed by atoms with Crippen LogP contribution in [0.5, 0.6) is 0 Å². The Morgan fingerprint density at radius 3 is 2.88 bits per heavy atom. The molecule has 0 N–H and O–H groups in total. The first-order valence-electron chi connectivity index (χ1n) is 1.98. The fraction of sp³-hybridized carbons (Fsp3) is 0. The molecule has 1 aromatic rings. The molecule has 0 saturated carbocycles. The molecule has 1 rings (SSSR count). The largest absolute Gasteiger partial charge is 0.234 e. The van der Waals surface area contributed by atoms with Crippen LogP contribution in [0.15, 0.2) is 16.6 Å². The molecule has 0 bridgehead atoms. The first kappa shape index (κ1) is 6.05. The van der Waals surface area contributed by atoms with Gasteiger partial charge in [-0.3, -0.25) is 0 Å². The van der Waals surface area contributed by atoms with E-state index in [0.717, 1.165) is 4.47 Å². The van der Waals surface area contributed by atoms with Gasteiger partial charge in [-0.05, 0) is 12.1 Å². The lowest BCUT2D eigenvalue weighted by atomic mass is 10.5. The van der Waals surface area contributed by atoms with E-state index < -0.39 is 0 Å². The fourth-order valence-corrected chi connectivity index (χ4v) is 0.961. The highest BCUT2D eigenvalue weighted by Crippen LogP contribution is 2.11.